The van der Waals surface area contributed by atoms with Gasteiger partial charge in [0.25, 0.3) is 6.69 Å². The minimum absolute atomic E-state index is 0.824. The van der Waals surface area contributed by atoms with E-state index in [1.165, 1.54) is 38.5 Å². The van der Waals surface area contributed by atoms with Crippen LogP contribution in [-0.4, -0.2) is 6.69 Å². The third kappa shape index (κ3) is 9.11. The zero-order chi connectivity index (χ0) is 10.9. The van der Waals surface area contributed by atoms with Crippen LogP contribution in [0.15, 0.2) is 12.7 Å². The summed E-state index contributed by atoms with van der Waals surface area (Å²) in [6, 6.07) is 1.85. The van der Waals surface area contributed by atoms with E-state index in [4.69, 9.17) is 22.2 Å². The van der Waals surface area contributed by atoms with Crippen molar-refractivity contribution in [2.24, 2.45) is 0 Å². The van der Waals surface area contributed by atoms with Gasteiger partial charge in [-0.1, -0.05) is 51.5 Å². The van der Waals surface area contributed by atoms with Crippen LogP contribution in [0.25, 0.3) is 0 Å². The summed E-state index contributed by atoms with van der Waals surface area (Å²) in [6.45, 7) is 3.97. The van der Waals surface area contributed by atoms with E-state index in [9.17, 15) is 0 Å². The molecule has 0 atom stereocenters. The van der Waals surface area contributed by atoms with Gasteiger partial charge in [0.15, 0.2) is 0 Å². The van der Waals surface area contributed by atoms with Crippen LogP contribution in [0.3, 0.4) is 0 Å². The molecule has 0 N–H and O–H groups in total. The summed E-state index contributed by atoms with van der Waals surface area (Å²) >= 11 is 12.4. The molecule has 0 unspecified atom stereocenters. The Morgan fingerprint density at radius 3 is 2.21 bits per heavy atom. The lowest BCUT2D eigenvalue weighted by Gasteiger charge is -2.13. The fourth-order valence-corrected chi connectivity index (χ4v) is 4.33. The molecule has 0 aromatic rings. The van der Waals surface area contributed by atoms with Gasteiger partial charge in [0.1, 0.15) is 0 Å². The molecule has 0 heterocycles. The van der Waals surface area contributed by atoms with Crippen molar-refractivity contribution in [3.05, 3.63) is 12.7 Å². The SMILES string of the molecule is C=CC[Si](Cl)(Cl)CCCCCCCC. The van der Waals surface area contributed by atoms with E-state index in [1.807, 2.05) is 6.08 Å². The summed E-state index contributed by atoms with van der Waals surface area (Å²) in [5, 5.41) is 0. The van der Waals surface area contributed by atoms with Gasteiger partial charge < -0.3 is 0 Å². The highest BCUT2D eigenvalue weighted by atomic mass is 35.7. The van der Waals surface area contributed by atoms with E-state index >= 15 is 0 Å². The Kier molecular flexibility index (Phi) is 9.15. The Bertz CT molecular complexity index is 146. The molecule has 0 saturated heterocycles. The third-order valence-corrected chi connectivity index (χ3v) is 6.37. The molecule has 0 aromatic carbocycles. The second-order valence-corrected chi connectivity index (χ2v) is 11.4. The first-order chi connectivity index (χ1) is 6.62. The van der Waals surface area contributed by atoms with Crippen LogP contribution in [-0.2, 0) is 0 Å². The summed E-state index contributed by atoms with van der Waals surface area (Å²) < 4.78 is 0. The van der Waals surface area contributed by atoms with E-state index in [2.05, 4.69) is 13.5 Å². The summed E-state index contributed by atoms with van der Waals surface area (Å²) in [4.78, 5) is 0. The third-order valence-electron chi connectivity index (χ3n) is 2.34. The van der Waals surface area contributed by atoms with E-state index in [1.54, 1.807) is 0 Å². The summed E-state index contributed by atoms with van der Waals surface area (Å²) in [6.07, 6.45) is 9.68. The molecule has 0 spiro atoms. The number of rotatable bonds is 9. The monoisotopic (exact) mass is 252 g/mol. The molecule has 0 saturated carbocycles. The highest BCUT2D eigenvalue weighted by molar-refractivity contribution is 7.45. The Morgan fingerprint density at radius 2 is 1.64 bits per heavy atom. The zero-order valence-electron chi connectivity index (χ0n) is 9.20. The minimum atomic E-state index is -1.95. The highest BCUT2D eigenvalue weighted by Crippen LogP contribution is 2.28. The standard InChI is InChI=1S/C11H22Cl2Si/c1-3-5-6-7-8-9-11-14(12,13)10-4-2/h4H,2-3,5-11H2,1H3. The first-order valence-corrected chi connectivity index (χ1v) is 10.0. The van der Waals surface area contributed by atoms with E-state index in [0.29, 0.717) is 0 Å². The van der Waals surface area contributed by atoms with Crippen molar-refractivity contribution in [3.63, 3.8) is 0 Å². The molecule has 0 amide bonds. The van der Waals surface area contributed by atoms with Crippen LogP contribution in [0.2, 0.25) is 12.1 Å². The topological polar surface area (TPSA) is 0 Å². The molecule has 14 heavy (non-hydrogen) atoms. The van der Waals surface area contributed by atoms with E-state index in [0.717, 1.165) is 12.1 Å². The van der Waals surface area contributed by atoms with Crippen molar-refractivity contribution in [2.45, 2.75) is 57.5 Å². The van der Waals surface area contributed by atoms with Gasteiger partial charge in [0.05, 0.1) is 0 Å². The van der Waals surface area contributed by atoms with Crippen LogP contribution in [0, 0.1) is 0 Å². The normalized spacial score (nSPS) is 11.6. The van der Waals surface area contributed by atoms with Gasteiger partial charge in [-0.25, -0.2) is 0 Å². The molecule has 0 aliphatic rings. The molecule has 0 nitrogen and oxygen atoms in total. The van der Waals surface area contributed by atoms with Gasteiger partial charge in [-0.15, -0.1) is 28.7 Å². The van der Waals surface area contributed by atoms with Crippen LogP contribution in [0.5, 0.6) is 0 Å². The largest absolute Gasteiger partial charge is 0.254 e. The quantitative estimate of drug-likeness (QED) is 0.222. The zero-order valence-corrected chi connectivity index (χ0v) is 11.7. The maximum atomic E-state index is 6.21. The first kappa shape index (κ1) is 14.5. The lowest BCUT2D eigenvalue weighted by Crippen LogP contribution is -2.16. The van der Waals surface area contributed by atoms with Gasteiger partial charge in [-0.2, -0.15) is 0 Å². The molecular formula is C11H22Cl2Si. The maximum Gasteiger partial charge on any atom is 0.254 e. The van der Waals surface area contributed by atoms with Crippen LogP contribution >= 0.6 is 22.2 Å². The van der Waals surface area contributed by atoms with Crippen LogP contribution in [0.4, 0.5) is 0 Å². The maximum absolute atomic E-state index is 6.21. The Labute approximate surface area is 99.1 Å². The molecule has 0 bridgehead atoms. The number of hydrogen-bond acceptors (Lipinski definition) is 0. The second-order valence-electron chi connectivity index (χ2n) is 3.87. The average molecular weight is 253 g/mol. The average Bonchev–Trinajstić information content (AvgIpc) is 2.11. The van der Waals surface area contributed by atoms with E-state index < -0.39 is 6.69 Å². The minimum Gasteiger partial charge on any atom is -0.146 e. The van der Waals surface area contributed by atoms with Crippen molar-refractivity contribution in [3.8, 4) is 0 Å². The summed E-state index contributed by atoms with van der Waals surface area (Å²) in [5.74, 6) is 0. The molecule has 0 aliphatic carbocycles. The lowest BCUT2D eigenvalue weighted by atomic mass is 10.1. The van der Waals surface area contributed by atoms with Crippen molar-refractivity contribution < 1.29 is 0 Å². The number of unbranched alkanes of at least 4 members (excludes halogenated alkanes) is 5. The predicted octanol–water partition coefficient (Wildman–Crippen LogP) is 5.45. The van der Waals surface area contributed by atoms with Gasteiger partial charge in [-0.05, 0) is 12.1 Å². The van der Waals surface area contributed by atoms with Gasteiger partial charge in [0, 0.05) is 0 Å². The van der Waals surface area contributed by atoms with Gasteiger partial charge in [0.2, 0.25) is 0 Å². The molecular weight excluding hydrogens is 231 g/mol. The predicted molar refractivity (Wildman–Crippen MR) is 70.6 cm³/mol. The second kappa shape index (κ2) is 8.81. The molecule has 0 radical (unpaired) electrons. The fourth-order valence-electron chi connectivity index (χ4n) is 1.48. The molecule has 3 heteroatoms. The van der Waals surface area contributed by atoms with Crippen LogP contribution in [0.1, 0.15) is 45.4 Å². The van der Waals surface area contributed by atoms with Crippen molar-refractivity contribution in [1.82, 2.24) is 0 Å². The Balaban J connectivity index is 3.30. The van der Waals surface area contributed by atoms with Crippen molar-refractivity contribution in [2.75, 3.05) is 0 Å². The summed E-state index contributed by atoms with van der Waals surface area (Å²) in [7, 11) is 0. The molecule has 84 valence electrons. The highest BCUT2D eigenvalue weighted by Gasteiger charge is 2.25. The van der Waals surface area contributed by atoms with E-state index in [-0.39, 0.29) is 0 Å². The Hall–Kier alpha value is 0.537. The molecule has 0 aliphatic heterocycles. The summed E-state index contributed by atoms with van der Waals surface area (Å²) in [5.41, 5.74) is 0. The Morgan fingerprint density at radius 1 is 1.07 bits per heavy atom. The molecule has 0 fully saturated rings. The molecule has 0 aromatic heterocycles. The first-order valence-electron chi connectivity index (χ1n) is 5.61. The molecule has 0 rings (SSSR count). The number of halogens is 2. The lowest BCUT2D eigenvalue weighted by molar-refractivity contribution is 0.623. The number of allylic oxidation sites excluding steroid dienone is 1. The van der Waals surface area contributed by atoms with Crippen molar-refractivity contribution in [1.29, 1.82) is 0 Å². The fraction of sp³-hybridized carbons (Fsp3) is 0.818. The smallest absolute Gasteiger partial charge is 0.146 e. The van der Waals surface area contributed by atoms with Crippen LogP contribution < -0.4 is 0 Å². The van der Waals surface area contributed by atoms with Gasteiger partial charge >= 0.3 is 0 Å². The number of hydrogen-bond donors (Lipinski definition) is 0. The van der Waals surface area contributed by atoms with Crippen molar-refractivity contribution >= 4 is 28.9 Å². The van der Waals surface area contributed by atoms with Gasteiger partial charge in [-0.3, -0.25) is 0 Å².